The van der Waals surface area contributed by atoms with Crippen LogP contribution in [0, 0.1) is 0 Å². The van der Waals surface area contributed by atoms with Crippen molar-refractivity contribution in [3.8, 4) is 0 Å². The second-order valence-corrected chi connectivity index (χ2v) is 4.92. The molecular weight excluding hydrogens is 216 g/mol. The predicted octanol–water partition coefficient (Wildman–Crippen LogP) is 3.24. The van der Waals surface area contributed by atoms with Crippen LogP contribution in [-0.4, -0.2) is 4.98 Å². The molecule has 2 nitrogen and oxygen atoms in total. The number of nitrogens with one attached hydrogen (secondary N) is 1. The first-order valence-electron chi connectivity index (χ1n) is 5.65. The van der Waals surface area contributed by atoms with Crippen molar-refractivity contribution in [2.45, 2.75) is 25.8 Å². The molecule has 82 valence electrons. The van der Waals surface area contributed by atoms with Crippen molar-refractivity contribution in [2.75, 3.05) is 5.32 Å². The Balaban J connectivity index is 1.71. The number of pyridine rings is 1. The molecule has 1 aliphatic carbocycles. The van der Waals surface area contributed by atoms with E-state index in [1.165, 1.54) is 29.7 Å². The molecule has 16 heavy (non-hydrogen) atoms. The van der Waals surface area contributed by atoms with Gasteiger partial charge in [-0.1, -0.05) is 6.07 Å². The maximum absolute atomic E-state index is 4.65. The fraction of sp³-hybridized carbons (Fsp3) is 0.308. The van der Waals surface area contributed by atoms with Gasteiger partial charge in [-0.15, -0.1) is 0 Å². The smallest absolute Gasteiger partial charge is 0.126 e. The Kier molecular flexibility index (Phi) is 2.62. The normalized spacial score (nSPS) is 13.8. The lowest BCUT2D eigenvalue weighted by Crippen LogP contribution is -2.01. The van der Waals surface area contributed by atoms with Crippen molar-refractivity contribution in [1.82, 2.24) is 4.98 Å². The zero-order valence-electron chi connectivity index (χ0n) is 9.07. The molecule has 0 spiro atoms. The van der Waals surface area contributed by atoms with Crippen LogP contribution in [0.4, 0.5) is 5.82 Å². The van der Waals surface area contributed by atoms with E-state index < -0.39 is 0 Å². The van der Waals surface area contributed by atoms with E-state index in [2.05, 4.69) is 39.3 Å². The third-order valence-electron chi connectivity index (χ3n) is 2.98. The number of fused-ring (bicyclic) bond motifs is 1. The van der Waals surface area contributed by atoms with Gasteiger partial charge in [-0.25, -0.2) is 4.98 Å². The number of hydrogen-bond donors (Lipinski definition) is 1. The summed E-state index contributed by atoms with van der Waals surface area (Å²) >= 11 is 1.73. The average molecular weight is 230 g/mol. The molecule has 0 saturated carbocycles. The van der Waals surface area contributed by atoms with Crippen LogP contribution >= 0.6 is 11.3 Å². The molecule has 0 amide bonds. The summed E-state index contributed by atoms with van der Waals surface area (Å²) in [6.07, 6.45) is 3.60. The molecule has 2 heterocycles. The number of rotatable bonds is 3. The third kappa shape index (κ3) is 1.95. The topological polar surface area (TPSA) is 24.9 Å². The monoisotopic (exact) mass is 230 g/mol. The largest absolute Gasteiger partial charge is 0.366 e. The highest BCUT2D eigenvalue weighted by atomic mass is 32.1. The number of thiophene rings is 1. The molecule has 1 aliphatic rings. The number of anilines is 1. The maximum atomic E-state index is 4.65. The average Bonchev–Trinajstić information content (AvgIpc) is 2.97. The van der Waals surface area contributed by atoms with Crippen LogP contribution in [0.15, 0.2) is 29.0 Å². The summed E-state index contributed by atoms with van der Waals surface area (Å²) in [7, 11) is 0. The summed E-state index contributed by atoms with van der Waals surface area (Å²) in [5.41, 5.74) is 4.05. The van der Waals surface area contributed by atoms with Crippen LogP contribution < -0.4 is 5.32 Å². The van der Waals surface area contributed by atoms with Gasteiger partial charge in [0.2, 0.25) is 0 Å². The first kappa shape index (κ1) is 9.85. The van der Waals surface area contributed by atoms with Crippen LogP contribution in [0.25, 0.3) is 0 Å². The van der Waals surface area contributed by atoms with Gasteiger partial charge in [-0.3, -0.25) is 0 Å². The second kappa shape index (κ2) is 4.26. The number of hydrogen-bond acceptors (Lipinski definition) is 3. The van der Waals surface area contributed by atoms with Gasteiger partial charge in [0.05, 0.1) is 0 Å². The predicted molar refractivity (Wildman–Crippen MR) is 67.9 cm³/mol. The Morgan fingerprint density at radius 3 is 3.12 bits per heavy atom. The minimum atomic E-state index is 0.870. The summed E-state index contributed by atoms with van der Waals surface area (Å²) in [6.45, 7) is 0.870. The lowest BCUT2D eigenvalue weighted by molar-refractivity contribution is 0.899. The fourth-order valence-electron chi connectivity index (χ4n) is 2.10. The van der Waals surface area contributed by atoms with Crippen LogP contribution in [0.2, 0.25) is 0 Å². The Morgan fingerprint density at radius 1 is 1.25 bits per heavy atom. The van der Waals surface area contributed by atoms with Crippen molar-refractivity contribution in [2.24, 2.45) is 0 Å². The van der Waals surface area contributed by atoms with Crippen LogP contribution in [0.5, 0.6) is 0 Å². The molecule has 0 radical (unpaired) electrons. The molecule has 2 aromatic rings. The quantitative estimate of drug-likeness (QED) is 0.875. The molecule has 0 unspecified atom stereocenters. The molecular formula is C13H14N2S. The highest BCUT2D eigenvalue weighted by Crippen LogP contribution is 2.21. The van der Waals surface area contributed by atoms with Crippen molar-refractivity contribution in [1.29, 1.82) is 0 Å². The van der Waals surface area contributed by atoms with E-state index in [1.54, 1.807) is 11.3 Å². The first-order chi connectivity index (χ1) is 7.92. The summed E-state index contributed by atoms with van der Waals surface area (Å²) in [5, 5.41) is 7.64. The lowest BCUT2D eigenvalue weighted by atomic mass is 10.2. The zero-order chi connectivity index (χ0) is 10.8. The zero-order valence-corrected chi connectivity index (χ0v) is 9.89. The molecule has 0 atom stereocenters. The Morgan fingerprint density at radius 2 is 2.25 bits per heavy atom. The Labute approximate surface area is 99.4 Å². The maximum Gasteiger partial charge on any atom is 0.126 e. The molecule has 1 N–H and O–H groups in total. The second-order valence-electron chi connectivity index (χ2n) is 4.14. The molecule has 0 aromatic carbocycles. The number of aryl methyl sites for hydroxylation is 2. The van der Waals surface area contributed by atoms with Crippen molar-refractivity contribution >= 4 is 17.2 Å². The van der Waals surface area contributed by atoms with Crippen molar-refractivity contribution in [3.63, 3.8) is 0 Å². The van der Waals surface area contributed by atoms with E-state index in [9.17, 15) is 0 Å². The van der Waals surface area contributed by atoms with E-state index in [0.717, 1.165) is 18.8 Å². The molecule has 3 heteroatoms. The van der Waals surface area contributed by atoms with Gasteiger partial charge >= 0.3 is 0 Å². The standard InChI is InChI=1S/C13H14N2S/c1-2-11-4-5-13(15-12(11)3-1)14-8-10-6-7-16-9-10/h4-7,9H,1-3,8H2,(H,14,15). The van der Waals surface area contributed by atoms with Gasteiger partial charge in [0.1, 0.15) is 5.82 Å². The van der Waals surface area contributed by atoms with Crippen molar-refractivity contribution < 1.29 is 0 Å². The fourth-order valence-corrected chi connectivity index (χ4v) is 2.77. The highest BCUT2D eigenvalue weighted by molar-refractivity contribution is 7.07. The van der Waals surface area contributed by atoms with Gasteiger partial charge in [0, 0.05) is 12.2 Å². The molecule has 3 rings (SSSR count). The van der Waals surface area contributed by atoms with Gasteiger partial charge < -0.3 is 5.32 Å². The van der Waals surface area contributed by atoms with Crippen LogP contribution in [0.1, 0.15) is 23.2 Å². The molecule has 2 aromatic heterocycles. The number of aromatic nitrogens is 1. The summed E-state index contributed by atoms with van der Waals surface area (Å²) in [6, 6.07) is 6.45. The van der Waals surface area contributed by atoms with E-state index in [-0.39, 0.29) is 0 Å². The van der Waals surface area contributed by atoms with Crippen LogP contribution in [-0.2, 0) is 19.4 Å². The summed E-state index contributed by atoms with van der Waals surface area (Å²) in [4.78, 5) is 4.65. The van der Waals surface area contributed by atoms with Gasteiger partial charge in [0.25, 0.3) is 0 Å². The lowest BCUT2D eigenvalue weighted by Gasteiger charge is -2.06. The molecule has 0 fully saturated rings. The first-order valence-corrected chi connectivity index (χ1v) is 6.60. The van der Waals surface area contributed by atoms with Crippen molar-refractivity contribution in [3.05, 3.63) is 45.8 Å². The molecule has 0 saturated heterocycles. The minimum absolute atomic E-state index is 0.870. The van der Waals surface area contributed by atoms with Gasteiger partial charge in [-0.2, -0.15) is 11.3 Å². The SMILES string of the molecule is c1cc(CNc2ccc3c(n2)CCC3)cs1. The third-order valence-corrected chi connectivity index (χ3v) is 3.71. The minimum Gasteiger partial charge on any atom is -0.366 e. The Bertz CT molecular complexity index is 477. The van der Waals surface area contributed by atoms with Gasteiger partial charge in [-0.05, 0) is 53.3 Å². The van der Waals surface area contributed by atoms with E-state index in [4.69, 9.17) is 0 Å². The van der Waals surface area contributed by atoms with Gasteiger partial charge in [0.15, 0.2) is 0 Å². The molecule has 0 bridgehead atoms. The summed E-state index contributed by atoms with van der Waals surface area (Å²) in [5.74, 6) is 1.01. The van der Waals surface area contributed by atoms with E-state index in [0.29, 0.717) is 0 Å². The number of nitrogens with zero attached hydrogens (tertiary/aromatic N) is 1. The van der Waals surface area contributed by atoms with Crippen LogP contribution in [0.3, 0.4) is 0 Å². The Hall–Kier alpha value is -1.35. The van der Waals surface area contributed by atoms with E-state index in [1.807, 2.05) is 0 Å². The highest BCUT2D eigenvalue weighted by Gasteiger charge is 2.11. The molecule has 0 aliphatic heterocycles. The van der Waals surface area contributed by atoms with E-state index >= 15 is 0 Å². The summed E-state index contributed by atoms with van der Waals surface area (Å²) < 4.78 is 0.